The molecule has 0 aromatic heterocycles. The van der Waals surface area contributed by atoms with Crippen LogP contribution in [0.4, 0.5) is 0 Å². The normalized spacial score (nSPS) is 19.8. The summed E-state index contributed by atoms with van der Waals surface area (Å²) in [7, 11) is 0. The molecule has 1 aliphatic rings. The van der Waals surface area contributed by atoms with Crippen LogP contribution in [0.15, 0.2) is 24.2 Å². The number of nitrogens with one attached hydrogen (secondary N) is 1. The molecule has 5 nitrogen and oxygen atoms in total. The Hall–Kier alpha value is -1.52. The molecule has 0 aromatic carbocycles. The number of hydrogen-bond acceptors (Lipinski definition) is 4. The van der Waals surface area contributed by atoms with Crippen LogP contribution < -0.4 is 5.32 Å². The minimum Gasteiger partial charge on any atom is -0.365 e. The van der Waals surface area contributed by atoms with Crippen LogP contribution in [-0.2, 0) is 0 Å². The number of hydrogen-bond donors (Lipinski definition) is 1. The molecule has 1 rings (SSSR count). The van der Waals surface area contributed by atoms with Crippen LogP contribution in [0, 0.1) is 10.1 Å². The van der Waals surface area contributed by atoms with Crippen LogP contribution in [0.1, 0.15) is 6.92 Å². The van der Waals surface area contributed by atoms with Crippen LogP contribution in [-0.4, -0.2) is 29.5 Å². The molecule has 0 amide bonds. The van der Waals surface area contributed by atoms with Crippen LogP contribution in [0.3, 0.4) is 0 Å². The lowest BCUT2D eigenvalue weighted by Crippen LogP contribution is -2.20. The molecular weight excluding hydrogens is 170 g/mol. The van der Waals surface area contributed by atoms with E-state index in [0.29, 0.717) is 5.82 Å². The molecule has 1 N–H and O–H groups in total. The van der Waals surface area contributed by atoms with Gasteiger partial charge >= 0.3 is 0 Å². The highest BCUT2D eigenvalue weighted by Crippen LogP contribution is 2.06. The van der Waals surface area contributed by atoms with Gasteiger partial charge in [-0.2, -0.15) is 0 Å². The van der Waals surface area contributed by atoms with E-state index in [0.717, 1.165) is 25.8 Å². The number of allylic oxidation sites excluding steroid dienone is 1. The Kier molecular flexibility index (Phi) is 3.31. The van der Waals surface area contributed by atoms with Gasteiger partial charge in [0.15, 0.2) is 5.82 Å². The van der Waals surface area contributed by atoms with E-state index in [4.69, 9.17) is 0 Å². The van der Waals surface area contributed by atoms with Crippen LogP contribution in [0.5, 0.6) is 0 Å². The van der Waals surface area contributed by atoms with Gasteiger partial charge in [0.25, 0.3) is 6.20 Å². The van der Waals surface area contributed by atoms with Gasteiger partial charge in [-0.3, -0.25) is 10.1 Å². The highest BCUT2D eigenvalue weighted by molar-refractivity contribution is 5.02. The number of rotatable bonds is 3. The minimum absolute atomic E-state index is 0.434. The van der Waals surface area contributed by atoms with E-state index in [1.165, 1.54) is 0 Å². The molecule has 0 saturated carbocycles. The lowest BCUT2D eigenvalue weighted by atomic mass is 10.4. The first-order valence-electron chi connectivity index (χ1n) is 4.19. The SMILES string of the molecule is C/C=C/CN1CCN/C1=C\[N+](=O)[O-]. The zero-order valence-electron chi connectivity index (χ0n) is 7.56. The monoisotopic (exact) mass is 183 g/mol. The summed E-state index contributed by atoms with van der Waals surface area (Å²) < 4.78 is 0. The standard InChI is InChI=1S/C8H13N3O2/c1-2-3-5-10-6-4-9-8(10)7-11(12)13/h2-3,7,9H,4-6H2,1H3/b3-2+,8-7+. The second-order valence-electron chi connectivity index (χ2n) is 2.74. The summed E-state index contributed by atoms with van der Waals surface area (Å²) in [4.78, 5) is 11.7. The Morgan fingerprint density at radius 1 is 1.77 bits per heavy atom. The van der Waals surface area contributed by atoms with Gasteiger partial charge in [-0.1, -0.05) is 12.2 Å². The van der Waals surface area contributed by atoms with Gasteiger partial charge in [0.05, 0.1) is 4.92 Å². The molecule has 72 valence electrons. The second-order valence-corrected chi connectivity index (χ2v) is 2.74. The first-order chi connectivity index (χ1) is 6.24. The highest BCUT2D eigenvalue weighted by Gasteiger charge is 2.17. The molecule has 0 bridgehead atoms. The van der Waals surface area contributed by atoms with Crippen molar-refractivity contribution >= 4 is 0 Å². The zero-order chi connectivity index (χ0) is 9.68. The third-order valence-corrected chi connectivity index (χ3v) is 1.82. The summed E-state index contributed by atoms with van der Waals surface area (Å²) in [6, 6.07) is 0. The van der Waals surface area contributed by atoms with Crippen molar-refractivity contribution in [2.45, 2.75) is 6.92 Å². The van der Waals surface area contributed by atoms with Crippen molar-refractivity contribution < 1.29 is 4.92 Å². The Morgan fingerprint density at radius 3 is 3.15 bits per heavy atom. The molecular formula is C8H13N3O2. The fraction of sp³-hybridized carbons (Fsp3) is 0.500. The van der Waals surface area contributed by atoms with Gasteiger partial charge in [0.2, 0.25) is 0 Å². The van der Waals surface area contributed by atoms with Crippen molar-refractivity contribution in [1.29, 1.82) is 0 Å². The number of nitro groups is 1. The predicted octanol–water partition coefficient (Wildman–Crippen LogP) is 0.543. The first kappa shape index (κ1) is 9.57. The van der Waals surface area contributed by atoms with Gasteiger partial charge in [-0.25, -0.2) is 0 Å². The molecule has 0 atom stereocenters. The van der Waals surface area contributed by atoms with Crippen molar-refractivity contribution in [3.8, 4) is 0 Å². The summed E-state index contributed by atoms with van der Waals surface area (Å²) in [6.45, 7) is 4.25. The van der Waals surface area contributed by atoms with E-state index in [9.17, 15) is 10.1 Å². The molecule has 0 aromatic rings. The summed E-state index contributed by atoms with van der Waals surface area (Å²) >= 11 is 0. The summed E-state index contributed by atoms with van der Waals surface area (Å²) in [5.41, 5.74) is 0. The summed E-state index contributed by atoms with van der Waals surface area (Å²) in [5, 5.41) is 13.2. The van der Waals surface area contributed by atoms with E-state index in [1.807, 2.05) is 24.0 Å². The van der Waals surface area contributed by atoms with Crippen molar-refractivity contribution in [3.05, 3.63) is 34.3 Å². The van der Waals surface area contributed by atoms with Crippen LogP contribution in [0.2, 0.25) is 0 Å². The van der Waals surface area contributed by atoms with E-state index >= 15 is 0 Å². The minimum atomic E-state index is -0.434. The quantitative estimate of drug-likeness (QED) is 0.394. The first-order valence-corrected chi connectivity index (χ1v) is 4.19. The van der Waals surface area contributed by atoms with E-state index < -0.39 is 4.92 Å². The molecule has 1 aliphatic heterocycles. The van der Waals surface area contributed by atoms with Crippen LogP contribution >= 0.6 is 0 Å². The fourth-order valence-electron chi connectivity index (χ4n) is 1.20. The summed E-state index contributed by atoms with van der Waals surface area (Å²) in [6.07, 6.45) is 4.92. The molecule has 0 spiro atoms. The second kappa shape index (κ2) is 4.49. The van der Waals surface area contributed by atoms with E-state index in [1.54, 1.807) is 0 Å². The Bertz CT molecular complexity index is 248. The maximum atomic E-state index is 10.2. The zero-order valence-corrected chi connectivity index (χ0v) is 7.56. The van der Waals surface area contributed by atoms with Crippen molar-refractivity contribution in [3.63, 3.8) is 0 Å². The maximum absolute atomic E-state index is 10.2. The molecule has 0 unspecified atom stereocenters. The van der Waals surface area contributed by atoms with Gasteiger partial charge in [-0.05, 0) is 6.92 Å². The van der Waals surface area contributed by atoms with Crippen molar-refractivity contribution in [1.82, 2.24) is 10.2 Å². The molecule has 5 heteroatoms. The van der Waals surface area contributed by atoms with Gasteiger partial charge in [0.1, 0.15) is 0 Å². The van der Waals surface area contributed by atoms with Gasteiger partial charge in [-0.15, -0.1) is 0 Å². The third kappa shape index (κ3) is 2.77. The Balaban J connectivity index is 2.58. The predicted molar refractivity (Wildman–Crippen MR) is 49.5 cm³/mol. The molecule has 1 heterocycles. The molecule has 0 aliphatic carbocycles. The molecule has 13 heavy (non-hydrogen) atoms. The maximum Gasteiger partial charge on any atom is 0.274 e. The number of nitrogens with zero attached hydrogens (tertiary/aromatic N) is 2. The average Bonchev–Trinajstić information content (AvgIpc) is 2.48. The topological polar surface area (TPSA) is 58.4 Å². The molecule has 1 saturated heterocycles. The third-order valence-electron chi connectivity index (χ3n) is 1.82. The molecule has 1 fully saturated rings. The smallest absolute Gasteiger partial charge is 0.274 e. The Labute approximate surface area is 76.9 Å². The van der Waals surface area contributed by atoms with Crippen molar-refractivity contribution in [2.75, 3.05) is 19.6 Å². The highest BCUT2D eigenvalue weighted by atomic mass is 16.6. The lowest BCUT2D eigenvalue weighted by molar-refractivity contribution is -0.404. The lowest BCUT2D eigenvalue weighted by Gasteiger charge is -2.13. The van der Waals surface area contributed by atoms with Crippen molar-refractivity contribution in [2.24, 2.45) is 0 Å². The van der Waals surface area contributed by atoms with Gasteiger partial charge < -0.3 is 10.2 Å². The summed E-state index contributed by atoms with van der Waals surface area (Å²) in [5.74, 6) is 0.600. The largest absolute Gasteiger partial charge is 0.365 e. The fourth-order valence-corrected chi connectivity index (χ4v) is 1.20. The van der Waals surface area contributed by atoms with Crippen LogP contribution in [0.25, 0.3) is 0 Å². The van der Waals surface area contributed by atoms with Gasteiger partial charge in [0, 0.05) is 19.6 Å². The van der Waals surface area contributed by atoms with E-state index in [-0.39, 0.29) is 0 Å². The molecule has 0 radical (unpaired) electrons. The van der Waals surface area contributed by atoms with E-state index in [2.05, 4.69) is 5.32 Å². The Morgan fingerprint density at radius 2 is 2.54 bits per heavy atom. The average molecular weight is 183 g/mol.